The molecule has 0 fully saturated rings. The Kier molecular flexibility index (Phi) is 2.86. The van der Waals surface area contributed by atoms with E-state index in [9.17, 15) is 0 Å². The molecule has 0 aliphatic rings. The fraction of sp³-hybridized carbons (Fsp3) is 0. The topological polar surface area (TPSA) is 25.8 Å². The van der Waals surface area contributed by atoms with E-state index >= 15 is 0 Å². The number of hydrogen-bond donors (Lipinski definition) is 0. The molecule has 5 heteroatoms. The van der Waals surface area contributed by atoms with Crippen LogP contribution in [0.5, 0.6) is 0 Å². The Morgan fingerprint density at radius 3 is 2.88 bits per heavy atom. The van der Waals surface area contributed by atoms with Gasteiger partial charge < -0.3 is 0 Å². The average molecular weight is 325 g/mol. The van der Waals surface area contributed by atoms with Gasteiger partial charge in [-0.05, 0) is 22.0 Å². The third-order valence-corrected chi connectivity index (χ3v) is 4.75. The van der Waals surface area contributed by atoms with Crippen LogP contribution in [-0.2, 0) is 0 Å². The van der Waals surface area contributed by atoms with Crippen LogP contribution < -0.4 is 0 Å². The van der Waals surface area contributed by atoms with Crippen LogP contribution in [0.4, 0.5) is 0 Å². The van der Waals surface area contributed by atoms with Crippen LogP contribution in [0.25, 0.3) is 20.8 Å². The van der Waals surface area contributed by atoms with Gasteiger partial charge in [-0.2, -0.15) is 0 Å². The van der Waals surface area contributed by atoms with Gasteiger partial charge >= 0.3 is 0 Å². The molecule has 0 aliphatic carbocycles. The van der Waals surface area contributed by atoms with Gasteiger partial charge in [-0.15, -0.1) is 11.3 Å². The highest BCUT2D eigenvalue weighted by atomic mass is 79.9. The van der Waals surface area contributed by atoms with Crippen molar-refractivity contribution in [1.29, 1.82) is 0 Å². The van der Waals surface area contributed by atoms with E-state index in [1.54, 1.807) is 17.4 Å². The summed E-state index contributed by atoms with van der Waals surface area (Å²) in [5.74, 6) is 0.602. The van der Waals surface area contributed by atoms with E-state index in [0.717, 1.165) is 14.7 Å². The van der Waals surface area contributed by atoms with Crippen LogP contribution in [0.3, 0.4) is 0 Å². The SMILES string of the molecule is Clc1c[c]nc(-c2sc3ccccc3c2Br)n1. The van der Waals surface area contributed by atoms with Gasteiger partial charge in [0.2, 0.25) is 0 Å². The van der Waals surface area contributed by atoms with Gasteiger partial charge in [-0.1, -0.05) is 29.8 Å². The first-order valence-corrected chi connectivity index (χ1v) is 6.82. The minimum absolute atomic E-state index is 0.402. The number of halogens is 2. The molecule has 3 rings (SSSR count). The number of fused-ring (bicyclic) bond motifs is 1. The summed E-state index contributed by atoms with van der Waals surface area (Å²) in [6.07, 6.45) is 2.74. The average Bonchev–Trinajstić information content (AvgIpc) is 2.68. The number of benzene rings is 1. The molecule has 0 atom stereocenters. The Balaban J connectivity index is 2.27. The molecule has 0 spiro atoms. The van der Waals surface area contributed by atoms with Crippen LogP contribution in [-0.4, -0.2) is 9.97 Å². The van der Waals surface area contributed by atoms with E-state index in [-0.39, 0.29) is 0 Å². The first-order chi connectivity index (χ1) is 8.25. The van der Waals surface area contributed by atoms with Gasteiger partial charge in [0.1, 0.15) is 5.15 Å². The molecule has 0 saturated carbocycles. The van der Waals surface area contributed by atoms with Gasteiger partial charge in [0, 0.05) is 20.6 Å². The van der Waals surface area contributed by atoms with Crippen molar-refractivity contribution in [3.8, 4) is 10.7 Å². The summed E-state index contributed by atoms with van der Waals surface area (Å²) in [5.41, 5.74) is 0. The molecule has 0 unspecified atom stereocenters. The lowest BCUT2D eigenvalue weighted by molar-refractivity contribution is 1.18. The summed E-state index contributed by atoms with van der Waals surface area (Å²) < 4.78 is 2.20. The van der Waals surface area contributed by atoms with Crippen molar-refractivity contribution in [2.75, 3.05) is 0 Å². The molecule has 0 N–H and O–H groups in total. The van der Waals surface area contributed by atoms with Crippen molar-refractivity contribution in [3.05, 3.63) is 46.2 Å². The van der Waals surface area contributed by atoms with Gasteiger partial charge in [-0.3, -0.25) is 0 Å². The van der Waals surface area contributed by atoms with E-state index in [0.29, 0.717) is 11.0 Å². The number of nitrogens with zero attached hydrogens (tertiary/aromatic N) is 2. The fourth-order valence-corrected chi connectivity index (χ4v) is 3.62. The molecule has 17 heavy (non-hydrogen) atoms. The highest BCUT2D eigenvalue weighted by molar-refractivity contribution is 9.10. The van der Waals surface area contributed by atoms with Crippen molar-refractivity contribution in [2.24, 2.45) is 0 Å². The zero-order valence-corrected chi connectivity index (χ0v) is 11.6. The zero-order valence-electron chi connectivity index (χ0n) is 8.45. The fourth-order valence-electron chi connectivity index (χ4n) is 1.56. The molecule has 2 nitrogen and oxygen atoms in total. The van der Waals surface area contributed by atoms with Crippen molar-refractivity contribution >= 4 is 49.0 Å². The smallest absolute Gasteiger partial charge is 0.172 e. The van der Waals surface area contributed by atoms with Crippen molar-refractivity contribution in [1.82, 2.24) is 9.97 Å². The number of aromatic nitrogens is 2. The highest BCUT2D eigenvalue weighted by Crippen LogP contribution is 2.40. The van der Waals surface area contributed by atoms with Crippen molar-refractivity contribution in [2.45, 2.75) is 0 Å². The monoisotopic (exact) mass is 323 g/mol. The summed E-state index contributed by atoms with van der Waals surface area (Å²) in [5, 5.41) is 1.57. The Bertz CT molecular complexity index is 696. The zero-order chi connectivity index (χ0) is 11.8. The maximum atomic E-state index is 5.85. The minimum atomic E-state index is 0.402. The van der Waals surface area contributed by atoms with E-state index < -0.39 is 0 Å². The van der Waals surface area contributed by atoms with Crippen molar-refractivity contribution in [3.63, 3.8) is 0 Å². The maximum absolute atomic E-state index is 5.85. The van der Waals surface area contributed by atoms with Crippen LogP contribution in [0.15, 0.2) is 34.8 Å². The number of rotatable bonds is 1. The second-order valence-corrected chi connectivity index (χ2v) is 5.62. The second kappa shape index (κ2) is 4.37. The summed E-state index contributed by atoms with van der Waals surface area (Å²) in [7, 11) is 0. The lowest BCUT2D eigenvalue weighted by Crippen LogP contribution is -1.86. The molecule has 3 aromatic rings. The molecule has 1 aromatic carbocycles. The third kappa shape index (κ3) is 1.97. The van der Waals surface area contributed by atoms with Crippen LogP contribution in [0.2, 0.25) is 5.15 Å². The van der Waals surface area contributed by atoms with Gasteiger partial charge in [-0.25, -0.2) is 9.97 Å². The quantitative estimate of drug-likeness (QED) is 0.613. The molecular weight excluding hydrogens is 320 g/mol. The van der Waals surface area contributed by atoms with Gasteiger partial charge in [0.05, 0.1) is 11.1 Å². The predicted molar refractivity (Wildman–Crippen MR) is 74.4 cm³/mol. The first-order valence-electron chi connectivity index (χ1n) is 4.84. The van der Waals surface area contributed by atoms with Crippen LogP contribution in [0.1, 0.15) is 0 Å². The summed E-state index contributed by atoms with van der Waals surface area (Å²) in [6.45, 7) is 0. The second-order valence-electron chi connectivity index (χ2n) is 3.38. The Labute approximate surface area is 115 Å². The molecule has 0 saturated heterocycles. The molecule has 0 aliphatic heterocycles. The van der Waals surface area contributed by atoms with Crippen molar-refractivity contribution < 1.29 is 0 Å². The Morgan fingerprint density at radius 1 is 1.29 bits per heavy atom. The third-order valence-electron chi connectivity index (χ3n) is 2.30. The van der Waals surface area contributed by atoms with E-state index in [4.69, 9.17) is 11.6 Å². The van der Waals surface area contributed by atoms with Gasteiger partial charge in [0.25, 0.3) is 0 Å². The lowest BCUT2D eigenvalue weighted by Gasteiger charge is -1.96. The van der Waals surface area contributed by atoms with Gasteiger partial charge in [0.15, 0.2) is 5.82 Å². The molecule has 0 amide bonds. The van der Waals surface area contributed by atoms with E-state index in [2.05, 4.69) is 44.2 Å². The van der Waals surface area contributed by atoms with E-state index in [1.807, 2.05) is 12.1 Å². The largest absolute Gasteiger partial charge is 0.225 e. The van der Waals surface area contributed by atoms with E-state index in [1.165, 1.54) is 4.70 Å². The lowest BCUT2D eigenvalue weighted by atomic mass is 10.2. The molecule has 0 bridgehead atoms. The molecular formula is C12H5BrClN2S. The molecule has 2 aromatic heterocycles. The highest BCUT2D eigenvalue weighted by Gasteiger charge is 2.13. The number of thiophene rings is 1. The standard InChI is InChI=1S/C12H5BrClN2S/c13-10-7-3-1-2-4-8(7)17-11(10)12-15-6-5-9(14)16-12/h1-5H. The first kappa shape index (κ1) is 11.1. The van der Waals surface area contributed by atoms with Crippen LogP contribution >= 0.6 is 38.9 Å². The molecule has 83 valence electrons. The minimum Gasteiger partial charge on any atom is -0.225 e. The molecule has 2 heterocycles. The van der Waals surface area contributed by atoms with Crippen LogP contribution in [0, 0.1) is 6.20 Å². The Hall–Kier alpha value is -0.970. The molecule has 1 radical (unpaired) electrons. The maximum Gasteiger partial charge on any atom is 0.172 e. The summed E-state index contributed by atoms with van der Waals surface area (Å²) >= 11 is 11.1. The summed E-state index contributed by atoms with van der Waals surface area (Å²) in [4.78, 5) is 9.31. The number of hydrogen-bond acceptors (Lipinski definition) is 3. The normalized spacial score (nSPS) is 10.9. The Morgan fingerprint density at radius 2 is 2.12 bits per heavy atom. The predicted octanol–water partition coefficient (Wildman–Crippen LogP) is 4.57. The summed E-state index contributed by atoms with van der Waals surface area (Å²) in [6, 6.07) is 9.71.